The van der Waals surface area contributed by atoms with Crippen molar-refractivity contribution < 1.29 is 4.79 Å². The second-order valence-corrected chi connectivity index (χ2v) is 10.8. The van der Waals surface area contributed by atoms with Gasteiger partial charge in [0.2, 0.25) is 0 Å². The molecule has 1 aliphatic heterocycles. The number of benzene rings is 2. The van der Waals surface area contributed by atoms with Crippen LogP contribution in [0, 0.1) is 13.8 Å². The van der Waals surface area contributed by atoms with Crippen LogP contribution in [0.3, 0.4) is 0 Å². The Labute approximate surface area is 227 Å². The van der Waals surface area contributed by atoms with Crippen LogP contribution < -0.4 is 10.2 Å². The Morgan fingerprint density at radius 3 is 2.51 bits per heavy atom. The van der Waals surface area contributed by atoms with Crippen molar-refractivity contribution in [3.8, 4) is 11.3 Å². The number of carbonyl (C=O) groups is 1. The minimum atomic E-state index is -0.0218. The highest BCUT2D eigenvalue weighted by Crippen LogP contribution is 2.31. The summed E-state index contributed by atoms with van der Waals surface area (Å²) in [5.74, 6) is 0.590. The van der Waals surface area contributed by atoms with Gasteiger partial charge in [-0.2, -0.15) is 0 Å². The molecule has 6 heteroatoms. The standard InChI is InChI=1S/C31H41ClN4O/c1-5-8-22(2)27-9-6-10-30(23(27)3)36-19-17-35(18-20-36)16-7-15-33-31(37)28-21-29(34-24(28)4)25-11-13-26(32)14-12-25/h6,9-14,21-22,34H,5,7-8,15-20H2,1-4H3,(H,33,37). The smallest absolute Gasteiger partial charge is 0.253 e. The predicted octanol–water partition coefficient (Wildman–Crippen LogP) is 6.80. The fourth-order valence-corrected chi connectivity index (χ4v) is 5.62. The van der Waals surface area contributed by atoms with Gasteiger partial charge in [-0.05, 0) is 80.1 Å². The van der Waals surface area contributed by atoms with E-state index in [1.165, 1.54) is 29.7 Å². The number of piperazine rings is 1. The summed E-state index contributed by atoms with van der Waals surface area (Å²) in [5, 5.41) is 3.81. The third-order valence-corrected chi connectivity index (χ3v) is 7.92. The number of halogens is 1. The lowest BCUT2D eigenvalue weighted by Crippen LogP contribution is -2.47. The number of carbonyl (C=O) groups excluding carboxylic acids is 1. The van der Waals surface area contributed by atoms with Crippen molar-refractivity contribution in [3.63, 3.8) is 0 Å². The number of aromatic nitrogens is 1. The van der Waals surface area contributed by atoms with Crippen molar-refractivity contribution in [2.24, 2.45) is 0 Å². The maximum Gasteiger partial charge on any atom is 0.253 e. The number of anilines is 1. The number of hydrogen-bond donors (Lipinski definition) is 2. The van der Waals surface area contributed by atoms with Crippen LogP contribution in [0.5, 0.6) is 0 Å². The van der Waals surface area contributed by atoms with Gasteiger partial charge in [-0.25, -0.2) is 0 Å². The van der Waals surface area contributed by atoms with E-state index >= 15 is 0 Å². The highest BCUT2D eigenvalue weighted by molar-refractivity contribution is 6.30. The topological polar surface area (TPSA) is 51.4 Å². The van der Waals surface area contributed by atoms with Crippen molar-refractivity contribution in [1.29, 1.82) is 0 Å². The lowest BCUT2D eigenvalue weighted by Gasteiger charge is -2.37. The number of H-pyrrole nitrogens is 1. The molecule has 0 aliphatic carbocycles. The lowest BCUT2D eigenvalue weighted by atomic mass is 9.91. The van der Waals surface area contributed by atoms with Gasteiger partial charge in [0, 0.05) is 54.8 Å². The predicted molar refractivity (Wildman–Crippen MR) is 156 cm³/mol. The molecule has 0 radical (unpaired) electrons. The molecule has 1 fully saturated rings. The highest BCUT2D eigenvalue weighted by atomic mass is 35.5. The third-order valence-electron chi connectivity index (χ3n) is 7.66. The normalized spacial score (nSPS) is 15.1. The summed E-state index contributed by atoms with van der Waals surface area (Å²) in [5.41, 5.74) is 7.86. The Bertz CT molecular complexity index is 1180. The maximum absolute atomic E-state index is 12.8. The molecule has 0 spiro atoms. The van der Waals surface area contributed by atoms with Gasteiger partial charge in [0.05, 0.1) is 5.56 Å². The van der Waals surface area contributed by atoms with Crippen molar-refractivity contribution in [3.05, 3.63) is 75.9 Å². The first-order valence-electron chi connectivity index (χ1n) is 13.7. The molecule has 198 valence electrons. The van der Waals surface area contributed by atoms with Crippen molar-refractivity contribution in [2.75, 3.05) is 44.2 Å². The molecule has 1 unspecified atom stereocenters. The number of nitrogens with one attached hydrogen (secondary N) is 2. The second kappa shape index (κ2) is 12.7. The van der Waals surface area contributed by atoms with Crippen LogP contribution in [0.2, 0.25) is 5.02 Å². The summed E-state index contributed by atoms with van der Waals surface area (Å²) in [7, 11) is 0. The van der Waals surface area contributed by atoms with Gasteiger partial charge < -0.3 is 15.2 Å². The average molecular weight is 521 g/mol. The van der Waals surface area contributed by atoms with Gasteiger partial charge in [0.25, 0.3) is 5.91 Å². The first-order valence-corrected chi connectivity index (χ1v) is 14.1. The van der Waals surface area contributed by atoms with Gasteiger partial charge in [-0.15, -0.1) is 0 Å². The number of amides is 1. The summed E-state index contributed by atoms with van der Waals surface area (Å²) in [6, 6.07) is 16.4. The number of rotatable bonds is 10. The van der Waals surface area contributed by atoms with Crippen LogP contribution in [0.15, 0.2) is 48.5 Å². The third kappa shape index (κ3) is 6.77. The van der Waals surface area contributed by atoms with Crippen LogP contribution >= 0.6 is 11.6 Å². The van der Waals surface area contributed by atoms with E-state index in [-0.39, 0.29) is 5.91 Å². The molecule has 0 saturated carbocycles. The number of aryl methyl sites for hydroxylation is 1. The van der Waals surface area contributed by atoms with E-state index in [2.05, 4.69) is 59.1 Å². The largest absolute Gasteiger partial charge is 0.369 e. The molecular formula is C31H41ClN4O. The molecule has 2 N–H and O–H groups in total. The SMILES string of the molecule is CCCC(C)c1cccc(N2CCN(CCCNC(=O)c3cc(-c4ccc(Cl)cc4)[nH]c3C)CC2)c1C. The fraction of sp³-hybridized carbons (Fsp3) is 0.452. The van der Waals surface area contributed by atoms with Gasteiger partial charge >= 0.3 is 0 Å². The molecule has 1 amide bonds. The van der Waals surface area contributed by atoms with E-state index < -0.39 is 0 Å². The molecule has 2 heterocycles. The van der Waals surface area contributed by atoms with Gasteiger partial charge in [0.1, 0.15) is 0 Å². The van der Waals surface area contributed by atoms with E-state index in [1.807, 2.05) is 37.3 Å². The Hall–Kier alpha value is -2.76. The summed E-state index contributed by atoms with van der Waals surface area (Å²) in [6.45, 7) is 14.7. The molecule has 0 bridgehead atoms. The van der Waals surface area contributed by atoms with Crippen molar-refractivity contribution in [2.45, 2.75) is 52.9 Å². The minimum absolute atomic E-state index is 0.0218. The number of hydrogen-bond acceptors (Lipinski definition) is 3. The first-order chi connectivity index (χ1) is 17.9. The minimum Gasteiger partial charge on any atom is -0.369 e. The fourth-order valence-electron chi connectivity index (χ4n) is 5.50. The van der Waals surface area contributed by atoms with E-state index in [1.54, 1.807) is 0 Å². The Morgan fingerprint density at radius 2 is 1.81 bits per heavy atom. The van der Waals surface area contributed by atoms with Gasteiger partial charge in [-0.1, -0.05) is 56.1 Å². The number of aromatic amines is 1. The van der Waals surface area contributed by atoms with Gasteiger partial charge in [0.15, 0.2) is 0 Å². The molecule has 1 atom stereocenters. The number of nitrogens with zero attached hydrogens (tertiary/aromatic N) is 2. The second-order valence-electron chi connectivity index (χ2n) is 10.3. The average Bonchev–Trinajstić information content (AvgIpc) is 3.29. The van der Waals surface area contributed by atoms with Crippen LogP contribution in [0.4, 0.5) is 5.69 Å². The van der Waals surface area contributed by atoms with Crippen LogP contribution in [-0.4, -0.2) is 55.1 Å². The van der Waals surface area contributed by atoms with Crippen LogP contribution in [-0.2, 0) is 0 Å². The zero-order chi connectivity index (χ0) is 26.4. The summed E-state index contributed by atoms with van der Waals surface area (Å²) < 4.78 is 0. The molecule has 1 aliphatic rings. The van der Waals surface area contributed by atoms with E-state index in [0.717, 1.165) is 56.1 Å². The molecule has 4 rings (SSSR count). The molecule has 3 aromatic rings. The molecular weight excluding hydrogens is 480 g/mol. The summed E-state index contributed by atoms with van der Waals surface area (Å²) >= 11 is 6.00. The summed E-state index contributed by atoms with van der Waals surface area (Å²) in [4.78, 5) is 21.2. The van der Waals surface area contributed by atoms with Gasteiger partial charge in [-0.3, -0.25) is 9.69 Å². The first kappa shape index (κ1) is 27.3. The van der Waals surface area contributed by atoms with E-state index in [0.29, 0.717) is 23.0 Å². The van der Waals surface area contributed by atoms with Crippen molar-refractivity contribution in [1.82, 2.24) is 15.2 Å². The van der Waals surface area contributed by atoms with Crippen LogP contribution in [0.25, 0.3) is 11.3 Å². The molecule has 1 aromatic heterocycles. The Kier molecular flexibility index (Phi) is 9.33. The Balaban J connectivity index is 1.22. The Morgan fingerprint density at radius 1 is 1.08 bits per heavy atom. The quantitative estimate of drug-likeness (QED) is 0.289. The zero-order valence-electron chi connectivity index (χ0n) is 22.7. The molecule has 1 saturated heterocycles. The van der Waals surface area contributed by atoms with Crippen molar-refractivity contribution >= 4 is 23.2 Å². The highest BCUT2D eigenvalue weighted by Gasteiger charge is 2.20. The monoisotopic (exact) mass is 520 g/mol. The molecule has 37 heavy (non-hydrogen) atoms. The zero-order valence-corrected chi connectivity index (χ0v) is 23.5. The summed E-state index contributed by atoms with van der Waals surface area (Å²) in [6.07, 6.45) is 3.41. The van der Waals surface area contributed by atoms with E-state index in [9.17, 15) is 4.79 Å². The molecule has 2 aromatic carbocycles. The maximum atomic E-state index is 12.8. The van der Waals surface area contributed by atoms with E-state index in [4.69, 9.17) is 11.6 Å². The van der Waals surface area contributed by atoms with Crippen LogP contribution in [0.1, 0.15) is 66.2 Å². The molecule has 5 nitrogen and oxygen atoms in total. The lowest BCUT2D eigenvalue weighted by molar-refractivity contribution is 0.0951.